The first-order valence-corrected chi connectivity index (χ1v) is 6.69. The van der Waals surface area contributed by atoms with Crippen LogP contribution in [0.25, 0.3) is 11.3 Å². The summed E-state index contributed by atoms with van der Waals surface area (Å²) in [6.45, 7) is 5.56. The van der Waals surface area contributed by atoms with Gasteiger partial charge >= 0.3 is 0 Å². The smallest absolute Gasteiger partial charge is 0.138 e. The number of aryl methyl sites for hydroxylation is 1. The third-order valence-corrected chi connectivity index (χ3v) is 3.65. The number of furan rings is 1. The van der Waals surface area contributed by atoms with Gasteiger partial charge in [0.05, 0.1) is 6.26 Å². The van der Waals surface area contributed by atoms with Gasteiger partial charge in [0.25, 0.3) is 0 Å². The zero-order valence-electron chi connectivity index (χ0n) is 10.9. The number of rotatable bonds is 3. The second-order valence-electron chi connectivity index (χ2n) is 5.12. The molecule has 0 bridgehead atoms. The van der Waals surface area contributed by atoms with Gasteiger partial charge in [0.2, 0.25) is 0 Å². The van der Waals surface area contributed by atoms with Crippen molar-refractivity contribution in [3.8, 4) is 11.3 Å². The molecule has 0 atom stereocenters. The van der Waals surface area contributed by atoms with Crippen molar-refractivity contribution in [1.29, 1.82) is 0 Å². The Bertz CT molecular complexity index is 506. The van der Waals surface area contributed by atoms with E-state index in [1.54, 1.807) is 6.26 Å². The predicted molar refractivity (Wildman–Crippen MR) is 73.4 cm³/mol. The lowest BCUT2D eigenvalue weighted by molar-refractivity contribution is 0.331. The predicted octanol–water partition coefficient (Wildman–Crippen LogP) is 3.85. The summed E-state index contributed by atoms with van der Waals surface area (Å²) >= 11 is 0. The van der Waals surface area contributed by atoms with Gasteiger partial charge in [-0.25, -0.2) is 0 Å². The van der Waals surface area contributed by atoms with Crippen molar-refractivity contribution in [3.63, 3.8) is 0 Å². The van der Waals surface area contributed by atoms with Crippen molar-refractivity contribution >= 4 is 0 Å². The maximum atomic E-state index is 5.67. The highest BCUT2D eigenvalue weighted by Gasteiger charge is 2.16. The minimum absolute atomic E-state index is 1.01. The van der Waals surface area contributed by atoms with Gasteiger partial charge in [-0.15, -0.1) is 0 Å². The fourth-order valence-electron chi connectivity index (χ4n) is 2.60. The van der Waals surface area contributed by atoms with Gasteiger partial charge in [-0.2, -0.15) is 0 Å². The lowest BCUT2D eigenvalue weighted by Crippen LogP contribution is -2.18. The molecule has 0 unspecified atom stereocenters. The van der Waals surface area contributed by atoms with Gasteiger partial charge in [0.15, 0.2) is 0 Å². The van der Waals surface area contributed by atoms with Crippen LogP contribution in [-0.2, 0) is 6.54 Å². The van der Waals surface area contributed by atoms with Crippen molar-refractivity contribution in [3.05, 3.63) is 47.7 Å². The Labute approximate surface area is 108 Å². The Morgan fingerprint density at radius 3 is 2.50 bits per heavy atom. The molecule has 3 rings (SSSR count). The summed E-state index contributed by atoms with van der Waals surface area (Å²) in [5.74, 6) is 1.03. The van der Waals surface area contributed by atoms with Gasteiger partial charge in [-0.3, -0.25) is 4.90 Å². The van der Waals surface area contributed by atoms with E-state index in [1.165, 1.54) is 42.6 Å². The van der Waals surface area contributed by atoms with E-state index < -0.39 is 0 Å². The number of likely N-dealkylation sites (tertiary alicyclic amines) is 1. The molecule has 2 heterocycles. The average Bonchev–Trinajstić information content (AvgIpc) is 3.02. The Morgan fingerprint density at radius 2 is 1.78 bits per heavy atom. The zero-order valence-corrected chi connectivity index (χ0v) is 10.9. The number of benzene rings is 1. The van der Waals surface area contributed by atoms with Crippen LogP contribution in [0.1, 0.15) is 24.0 Å². The Kier molecular flexibility index (Phi) is 3.20. The molecule has 2 aromatic rings. The molecule has 1 aliphatic rings. The second kappa shape index (κ2) is 4.99. The highest BCUT2D eigenvalue weighted by atomic mass is 16.3. The minimum atomic E-state index is 1.01. The molecule has 1 fully saturated rings. The van der Waals surface area contributed by atoms with Gasteiger partial charge in [0.1, 0.15) is 5.76 Å². The molecule has 2 heteroatoms. The monoisotopic (exact) mass is 241 g/mol. The van der Waals surface area contributed by atoms with Crippen LogP contribution in [0.15, 0.2) is 41.0 Å². The number of hydrogen-bond acceptors (Lipinski definition) is 2. The standard InChI is InChI=1S/C16H19NO/c1-13-4-6-14(7-5-13)16-15(8-11-18-16)12-17-9-2-3-10-17/h4-8,11H,2-3,9-10,12H2,1H3. The van der Waals surface area contributed by atoms with E-state index in [4.69, 9.17) is 4.42 Å². The first kappa shape index (κ1) is 11.5. The summed E-state index contributed by atoms with van der Waals surface area (Å²) < 4.78 is 5.67. The van der Waals surface area contributed by atoms with E-state index in [1.807, 2.05) is 0 Å². The lowest BCUT2D eigenvalue weighted by atomic mass is 10.1. The van der Waals surface area contributed by atoms with Gasteiger partial charge in [-0.1, -0.05) is 29.8 Å². The van der Waals surface area contributed by atoms with E-state index in [9.17, 15) is 0 Å². The van der Waals surface area contributed by atoms with Crippen LogP contribution in [0.3, 0.4) is 0 Å². The van der Waals surface area contributed by atoms with Gasteiger partial charge in [0, 0.05) is 17.7 Å². The van der Waals surface area contributed by atoms with E-state index in [2.05, 4.69) is 42.2 Å². The lowest BCUT2D eigenvalue weighted by Gasteiger charge is -2.14. The quantitative estimate of drug-likeness (QED) is 0.811. The van der Waals surface area contributed by atoms with Crippen LogP contribution in [-0.4, -0.2) is 18.0 Å². The molecule has 0 N–H and O–H groups in total. The first-order chi connectivity index (χ1) is 8.83. The van der Waals surface area contributed by atoms with Crippen LogP contribution < -0.4 is 0 Å². The van der Waals surface area contributed by atoms with Crippen molar-refractivity contribution in [2.75, 3.05) is 13.1 Å². The highest BCUT2D eigenvalue weighted by molar-refractivity contribution is 5.61. The molecular weight excluding hydrogens is 222 g/mol. The summed E-state index contributed by atoms with van der Waals surface area (Å²) in [5.41, 5.74) is 3.77. The fourth-order valence-corrected chi connectivity index (χ4v) is 2.60. The third kappa shape index (κ3) is 2.34. The van der Waals surface area contributed by atoms with Gasteiger partial charge in [-0.05, 0) is 38.9 Å². The molecule has 2 nitrogen and oxygen atoms in total. The normalized spacial score (nSPS) is 16.3. The van der Waals surface area contributed by atoms with Crippen molar-refractivity contribution < 1.29 is 4.42 Å². The summed E-state index contributed by atoms with van der Waals surface area (Å²) in [6.07, 6.45) is 4.47. The molecule has 0 amide bonds. The van der Waals surface area contributed by atoms with Crippen molar-refractivity contribution in [2.45, 2.75) is 26.3 Å². The zero-order chi connectivity index (χ0) is 12.4. The Balaban J connectivity index is 1.84. The maximum Gasteiger partial charge on any atom is 0.138 e. The molecule has 0 saturated carbocycles. The molecule has 0 spiro atoms. The molecular formula is C16H19NO. The van der Waals surface area contributed by atoms with Crippen LogP contribution in [0.5, 0.6) is 0 Å². The minimum Gasteiger partial charge on any atom is -0.464 e. The molecule has 94 valence electrons. The average molecular weight is 241 g/mol. The second-order valence-corrected chi connectivity index (χ2v) is 5.12. The topological polar surface area (TPSA) is 16.4 Å². The maximum absolute atomic E-state index is 5.67. The summed E-state index contributed by atoms with van der Waals surface area (Å²) in [7, 11) is 0. The summed E-state index contributed by atoms with van der Waals surface area (Å²) in [4.78, 5) is 2.50. The SMILES string of the molecule is Cc1ccc(-c2occc2CN2CCCC2)cc1. The highest BCUT2D eigenvalue weighted by Crippen LogP contribution is 2.27. The Hall–Kier alpha value is -1.54. The number of nitrogens with zero attached hydrogens (tertiary/aromatic N) is 1. The molecule has 18 heavy (non-hydrogen) atoms. The van der Waals surface area contributed by atoms with Crippen LogP contribution in [0, 0.1) is 6.92 Å². The first-order valence-electron chi connectivity index (χ1n) is 6.69. The van der Waals surface area contributed by atoms with E-state index in [-0.39, 0.29) is 0 Å². The third-order valence-electron chi connectivity index (χ3n) is 3.65. The van der Waals surface area contributed by atoms with E-state index in [0.29, 0.717) is 0 Å². The molecule has 1 saturated heterocycles. The molecule has 1 aromatic carbocycles. The summed E-state index contributed by atoms with van der Waals surface area (Å²) in [5, 5.41) is 0. The van der Waals surface area contributed by atoms with Crippen molar-refractivity contribution in [1.82, 2.24) is 4.90 Å². The Morgan fingerprint density at radius 1 is 1.06 bits per heavy atom. The molecule has 0 radical (unpaired) electrons. The van der Waals surface area contributed by atoms with Crippen LogP contribution in [0.4, 0.5) is 0 Å². The molecule has 1 aromatic heterocycles. The fraction of sp³-hybridized carbons (Fsp3) is 0.375. The number of hydrogen-bond donors (Lipinski definition) is 0. The van der Waals surface area contributed by atoms with Gasteiger partial charge < -0.3 is 4.42 Å². The van der Waals surface area contributed by atoms with Crippen molar-refractivity contribution in [2.24, 2.45) is 0 Å². The summed E-state index contributed by atoms with van der Waals surface area (Å²) in [6, 6.07) is 10.7. The van der Waals surface area contributed by atoms with Crippen LogP contribution in [0.2, 0.25) is 0 Å². The molecule has 1 aliphatic heterocycles. The van der Waals surface area contributed by atoms with E-state index >= 15 is 0 Å². The van der Waals surface area contributed by atoms with E-state index in [0.717, 1.165) is 12.3 Å². The molecule has 0 aliphatic carbocycles. The van der Waals surface area contributed by atoms with Crippen LogP contribution >= 0.6 is 0 Å². The largest absolute Gasteiger partial charge is 0.464 e.